The number of allylic oxidation sites excluding steroid dienone is 1. The fraction of sp³-hybridized carbons (Fsp3) is 0.154. The van der Waals surface area contributed by atoms with Crippen LogP contribution >= 0.6 is 0 Å². The first-order valence-corrected chi connectivity index (χ1v) is 5.12. The number of hydrogen-bond acceptors (Lipinski definition) is 4. The van der Waals surface area contributed by atoms with Gasteiger partial charge in [-0.1, -0.05) is 6.58 Å². The Labute approximate surface area is 99.0 Å². The van der Waals surface area contributed by atoms with Crippen LogP contribution in [0.25, 0.3) is 16.5 Å². The lowest BCUT2D eigenvalue weighted by molar-refractivity contribution is 0.0594. The van der Waals surface area contributed by atoms with E-state index < -0.39 is 5.97 Å². The molecule has 0 aliphatic heterocycles. The van der Waals surface area contributed by atoms with Crippen LogP contribution < -0.4 is 0 Å². The van der Waals surface area contributed by atoms with E-state index in [0.717, 1.165) is 22.0 Å². The quantitative estimate of drug-likeness (QED) is 0.741. The van der Waals surface area contributed by atoms with Gasteiger partial charge in [-0.3, -0.25) is 4.98 Å². The van der Waals surface area contributed by atoms with Crippen molar-refractivity contribution < 1.29 is 9.53 Å². The number of carbonyl (C=O) groups is 1. The first kappa shape index (κ1) is 11.3. The van der Waals surface area contributed by atoms with E-state index in [-0.39, 0.29) is 5.69 Å². The monoisotopic (exact) mass is 228 g/mol. The molecule has 0 radical (unpaired) electrons. The Morgan fingerprint density at radius 2 is 2.12 bits per heavy atom. The summed E-state index contributed by atoms with van der Waals surface area (Å²) in [7, 11) is 1.33. The van der Waals surface area contributed by atoms with Crippen LogP contribution in [0.3, 0.4) is 0 Å². The number of carbonyl (C=O) groups excluding carboxylic acids is 1. The summed E-state index contributed by atoms with van der Waals surface area (Å²) in [6.45, 7) is 5.75. The fourth-order valence-corrected chi connectivity index (χ4v) is 1.57. The third-order valence-corrected chi connectivity index (χ3v) is 2.45. The first-order chi connectivity index (χ1) is 8.13. The molecule has 0 atom stereocenters. The summed E-state index contributed by atoms with van der Waals surface area (Å²) in [5.74, 6) is -0.448. The van der Waals surface area contributed by atoms with Crippen LogP contribution in [0.15, 0.2) is 31.1 Å². The van der Waals surface area contributed by atoms with E-state index in [4.69, 9.17) is 0 Å². The smallest absolute Gasteiger partial charge is 0.356 e. The molecule has 4 nitrogen and oxygen atoms in total. The second kappa shape index (κ2) is 4.33. The molecular weight excluding hydrogens is 216 g/mol. The predicted octanol–water partition coefficient (Wildman–Crippen LogP) is 2.45. The third-order valence-electron chi connectivity index (χ3n) is 2.45. The maximum atomic E-state index is 11.4. The second-order valence-electron chi connectivity index (χ2n) is 3.73. The Morgan fingerprint density at radius 1 is 1.35 bits per heavy atom. The molecule has 0 bridgehead atoms. The van der Waals surface area contributed by atoms with E-state index in [1.54, 1.807) is 24.5 Å². The van der Waals surface area contributed by atoms with Gasteiger partial charge in [0.1, 0.15) is 5.69 Å². The summed E-state index contributed by atoms with van der Waals surface area (Å²) in [4.78, 5) is 19.8. The van der Waals surface area contributed by atoms with Crippen molar-refractivity contribution in [3.63, 3.8) is 0 Å². The summed E-state index contributed by atoms with van der Waals surface area (Å²) in [6.07, 6.45) is 3.40. The zero-order valence-corrected chi connectivity index (χ0v) is 9.73. The van der Waals surface area contributed by atoms with Gasteiger partial charge < -0.3 is 4.74 Å². The van der Waals surface area contributed by atoms with Gasteiger partial charge in [-0.15, -0.1) is 0 Å². The van der Waals surface area contributed by atoms with Crippen molar-refractivity contribution in [1.82, 2.24) is 9.97 Å². The van der Waals surface area contributed by atoms with Crippen molar-refractivity contribution in [2.75, 3.05) is 7.11 Å². The molecule has 0 saturated heterocycles. The predicted molar refractivity (Wildman–Crippen MR) is 65.6 cm³/mol. The Bertz CT molecular complexity index is 605. The second-order valence-corrected chi connectivity index (χ2v) is 3.73. The van der Waals surface area contributed by atoms with Gasteiger partial charge >= 0.3 is 5.97 Å². The molecule has 0 spiro atoms. The summed E-state index contributed by atoms with van der Waals surface area (Å²) in [6, 6.07) is 3.42. The highest BCUT2D eigenvalue weighted by Gasteiger charge is 2.10. The molecule has 2 aromatic rings. The number of hydrogen-bond donors (Lipinski definition) is 0. The van der Waals surface area contributed by atoms with Crippen molar-refractivity contribution >= 4 is 22.4 Å². The highest BCUT2D eigenvalue weighted by molar-refractivity contribution is 5.94. The normalized spacial score (nSPS) is 10.2. The molecule has 2 aromatic heterocycles. The van der Waals surface area contributed by atoms with Gasteiger partial charge in [-0.25, -0.2) is 9.78 Å². The van der Waals surface area contributed by atoms with Crippen LogP contribution in [-0.4, -0.2) is 23.0 Å². The maximum Gasteiger partial charge on any atom is 0.356 e. The number of nitrogens with zero attached hydrogens (tertiary/aromatic N) is 2. The van der Waals surface area contributed by atoms with Gasteiger partial charge in [0, 0.05) is 23.3 Å². The molecule has 2 heterocycles. The van der Waals surface area contributed by atoms with E-state index in [0.29, 0.717) is 0 Å². The number of fused-ring (bicyclic) bond motifs is 1. The van der Waals surface area contributed by atoms with Gasteiger partial charge in [-0.2, -0.15) is 0 Å². The molecule has 0 aliphatic rings. The zero-order chi connectivity index (χ0) is 12.4. The molecule has 17 heavy (non-hydrogen) atoms. The van der Waals surface area contributed by atoms with Crippen LogP contribution in [0.5, 0.6) is 0 Å². The zero-order valence-electron chi connectivity index (χ0n) is 9.73. The molecule has 4 heteroatoms. The Hall–Kier alpha value is -2.23. The molecule has 0 aromatic carbocycles. The van der Waals surface area contributed by atoms with Crippen molar-refractivity contribution in [2.45, 2.75) is 6.92 Å². The summed E-state index contributed by atoms with van der Waals surface area (Å²) < 4.78 is 4.65. The topological polar surface area (TPSA) is 52.1 Å². The molecule has 0 N–H and O–H groups in total. The number of pyridine rings is 2. The van der Waals surface area contributed by atoms with Gasteiger partial charge in [-0.05, 0) is 24.6 Å². The van der Waals surface area contributed by atoms with E-state index in [1.807, 2.05) is 6.92 Å². The summed E-state index contributed by atoms with van der Waals surface area (Å²) in [5, 5.41) is 0.873. The first-order valence-electron chi connectivity index (χ1n) is 5.12. The van der Waals surface area contributed by atoms with Crippen LogP contribution in [0.4, 0.5) is 0 Å². The molecular formula is C13H12N2O2. The number of aromatic nitrogens is 2. The molecule has 2 rings (SSSR count). The summed E-state index contributed by atoms with van der Waals surface area (Å²) in [5.41, 5.74) is 2.70. The Balaban J connectivity index is 2.70. The average molecular weight is 228 g/mol. The minimum Gasteiger partial charge on any atom is -0.464 e. The van der Waals surface area contributed by atoms with Crippen LogP contribution in [0.1, 0.15) is 23.0 Å². The van der Waals surface area contributed by atoms with Crippen molar-refractivity contribution in [3.8, 4) is 0 Å². The SMILES string of the molecule is C=C(C)c1cncc2ccc(C(=O)OC)nc12. The van der Waals surface area contributed by atoms with Gasteiger partial charge in [0.25, 0.3) is 0 Å². The molecule has 0 amide bonds. The number of methoxy groups -OCH3 is 1. The van der Waals surface area contributed by atoms with Crippen molar-refractivity contribution in [3.05, 3.63) is 42.4 Å². The minimum atomic E-state index is -0.448. The van der Waals surface area contributed by atoms with Crippen LogP contribution in [0.2, 0.25) is 0 Å². The molecule has 0 saturated carbocycles. The van der Waals surface area contributed by atoms with Crippen LogP contribution in [-0.2, 0) is 4.74 Å². The lowest BCUT2D eigenvalue weighted by Crippen LogP contribution is -2.04. The number of esters is 1. The van der Waals surface area contributed by atoms with E-state index in [9.17, 15) is 4.79 Å². The van der Waals surface area contributed by atoms with Crippen LogP contribution in [0, 0.1) is 0 Å². The standard InChI is InChI=1S/C13H12N2O2/c1-8(2)10-7-14-6-9-4-5-11(13(16)17-3)15-12(9)10/h4-7H,1H2,2-3H3. The van der Waals surface area contributed by atoms with E-state index in [1.165, 1.54) is 7.11 Å². The molecule has 0 fully saturated rings. The third kappa shape index (κ3) is 2.01. The highest BCUT2D eigenvalue weighted by Crippen LogP contribution is 2.21. The lowest BCUT2D eigenvalue weighted by atomic mass is 10.1. The van der Waals surface area contributed by atoms with Gasteiger partial charge in [0.15, 0.2) is 0 Å². The van der Waals surface area contributed by atoms with E-state index >= 15 is 0 Å². The summed E-state index contributed by atoms with van der Waals surface area (Å²) >= 11 is 0. The fourth-order valence-electron chi connectivity index (χ4n) is 1.57. The average Bonchev–Trinajstić information content (AvgIpc) is 2.36. The molecule has 0 unspecified atom stereocenters. The minimum absolute atomic E-state index is 0.286. The Morgan fingerprint density at radius 3 is 2.76 bits per heavy atom. The van der Waals surface area contributed by atoms with Gasteiger partial charge in [0.05, 0.1) is 12.6 Å². The highest BCUT2D eigenvalue weighted by atomic mass is 16.5. The van der Waals surface area contributed by atoms with Gasteiger partial charge in [0.2, 0.25) is 0 Å². The van der Waals surface area contributed by atoms with Crippen molar-refractivity contribution in [1.29, 1.82) is 0 Å². The lowest BCUT2D eigenvalue weighted by Gasteiger charge is -2.05. The number of rotatable bonds is 2. The maximum absolute atomic E-state index is 11.4. The Kier molecular flexibility index (Phi) is 2.87. The molecule has 0 aliphatic carbocycles. The molecule has 86 valence electrons. The number of ether oxygens (including phenoxy) is 1. The largest absolute Gasteiger partial charge is 0.464 e. The van der Waals surface area contributed by atoms with Crippen molar-refractivity contribution in [2.24, 2.45) is 0 Å². The van der Waals surface area contributed by atoms with E-state index in [2.05, 4.69) is 21.3 Å².